The van der Waals surface area contributed by atoms with Crippen LogP contribution in [0.2, 0.25) is 0 Å². The van der Waals surface area contributed by atoms with E-state index >= 15 is 0 Å². The lowest BCUT2D eigenvalue weighted by Crippen LogP contribution is -2.26. The van der Waals surface area contributed by atoms with Crippen molar-refractivity contribution in [3.63, 3.8) is 0 Å². The summed E-state index contributed by atoms with van der Waals surface area (Å²) in [4.78, 5) is 13.6. The molecule has 5 heteroatoms. The Morgan fingerprint density at radius 1 is 1.45 bits per heavy atom. The van der Waals surface area contributed by atoms with Gasteiger partial charge in [0.15, 0.2) is 5.76 Å². The second-order valence-electron chi connectivity index (χ2n) is 5.36. The number of hydrogen-bond donors (Lipinski definition) is 1. The van der Waals surface area contributed by atoms with Crippen molar-refractivity contribution in [2.75, 3.05) is 27.2 Å². The third-order valence-corrected chi connectivity index (χ3v) is 3.65. The van der Waals surface area contributed by atoms with Crippen LogP contribution in [0.5, 0.6) is 0 Å². The molecule has 112 valence electrons. The molecule has 0 aromatic carbocycles. The highest BCUT2D eigenvalue weighted by Gasteiger charge is 2.15. The van der Waals surface area contributed by atoms with Crippen LogP contribution >= 0.6 is 0 Å². The molecule has 1 aromatic rings. The monoisotopic (exact) mass is 280 g/mol. The number of carbonyl (C=O) groups is 1. The summed E-state index contributed by atoms with van der Waals surface area (Å²) < 4.78 is 11.2. The van der Waals surface area contributed by atoms with Gasteiger partial charge in [-0.05, 0) is 44.9 Å². The van der Waals surface area contributed by atoms with Crippen molar-refractivity contribution >= 4 is 5.91 Å². The van der Waals surface area contributed by atoms with Gasteiger partial charge in [-0.3, -0.25) is 9.69 Å². The third-order valence-electron chi connectivity index (χ3n) is 3.65. The molecule has 1 N–H and O–H groups in total. The molecular formula is C15H24N2O3. The number of furan rings is 1. The summed E-state index contributed by atoms with van der Waals surface area (Å²) in [6.07, 6.45) is 5.11. The summed E-state index contributed by atoms with van der Waals surface area (Å²) in [6, 6.07) is 3.57. The van der Waals surface area contributed by atoms with Crippen LogP contribution in [0.1, 0.15) is 42.0 Å². The molecule has 2 heterocycles. The van der Waals surface area contributed by atoms with E-state index in [1.807, 2.05) is 6.07 Å². The average molecular weight is 280 g/mol. The summed E-state index contributed by atoms with van der Waals surface area (Å²) in [6.45, 7) is 2.59. The minimum Gasteiger partial charge on any atom is -0.455 e. The number of nitrogens with zero attached hydrogens (tertiary/aromatic N) is 1. The second kappa shape index (κ2) is 7.45. The van der Waals surface area contributed by atoms with Gasteiger partial charge in [0.25, 0.3) is 5.91 Å². The topological polar surface area (TPSA) is 54.7 Å². The smallest absolute Gasteiger partial charge is 0.286 e. The molecule has 1 saturated heterocycles. The van der Waals surface area contributed by atoms with Gasteiger partial charge in [-0.15, -0.1) is 0 Å². The van der Waals surface area contributed by atoms with Crippen LogP contribution in [-0.2, 0) is 11.3 Å². The van der Waals surface area contributed by atoms with Crippen LogP contribution in [-0.4, -0.2) is 44.2 Å². The van der Waals surface area contributed by atoms with Crippen LogP contribution in [0, 0.1) is 0 Å². The standard InChI is InChI=1S/C15H24N2O3/c1-16-15(18)14-7-6-13(20-14)11-17(2)9-8-12-5-3-4-10-19-12/h6-7,12H,3-5,8-11H2,1-2H3,(H,16,18)/t12-/m0/s1. The maximum atomic E-state index is 11.4. The Morgan fingerprint density at radius 3 is 3.00 bits per heavy atom. The normalized spacial score (nSPS) is 19.2. The fraction of sp³-hybridized carbons (Fsp3) is 0.667. The quantitative estimate of drug-likeness (QED) is 0.866. The van der Waals surface area contributed by atoms with E-state index in [2.05, 4.69) is 17.3 Å². The Kier molecular flexibility index (Phi) is 5.61. The molecule has 0 aliphatic carbocycles. The maximum Gasteiger partial charge on any atom is 0.286 e. The minimum absolute atomic E-state index is 0.186. The van der Waals surface area contributed by atoms with Gasteiger partial charge in [0.2, 0.25) is 0 Å². The summed E-state index contributed by atoms with van der Waals surface area (Å²) in [5, 5.41) is 2.55. The molecule has 0 saturated carbocycles. The van der Waals surface area contributed by atoms with Crippen molar-refractivity contribution in [2.24, 2.45) is 0 Å². The van der Waals surface area contributed by atoms with Crippen LogP contribution in [0.3, 0.4) is 0 Å². The third kappa shape index (κ3) is 4.35. The molecule has 1 aliphatic heterocycles. The first-order valence-corrected chi connectivity index (χ1v) is 7.30. The first kappa shape index (κ1) is 15.1. The van der Waals surface area contributed by atoms with E-state index in [1.54, 1.807) is 13.1 Å². The Bertz CT molecular complexity index is 425. The summed E-state index contributed by atoms with van der Waals surface area (Å²) in [5.74, 6) is 0.997. The highest BCUT2D eigenvalue weighted by molar-refractivity contribution is 5.91. The van der Waals surface area contributed by atoms with Gasteiger partial charge < -0.3 is 14.5 Å². The minimum atomic E-state index is -0.186. The van der Waals surface area contributed by atoms with Crippen molar-refractivity contribution in [2.45, 2.75) is 38.3 Å². The van der Waals surface area contributed by atoms with Crippen LogP contribution in [0.15, 0.2) is 16.5 Å². The predicted octanol–water partition coefficient (Wildman–Crippen LogP) is 2.03. The predicted molar refractivity (Wildman–Crippen MR) is 76.6 cm³/mol. The second-order valence-corrected chi connectivity index (χ2v) is 5.36. The number of amides is 1. The molecule has 0 unspecified atom stereocenters. The van der Waals surface area contributed by atoms with Gasteiger partial charge in [-0.2, -0.15) is 0 Å². The van der Waals surface area contributed by atoms with Crippen molar-refractivity contribution in [3.8, 4) is 0 Å². The molecule has 2 rings (SSSR count). The first-order chi connectivity index (χ1) is 9.69. The lowest BCUT2D eigenvalue weighted by molar-refractivity contribution is 0.00615. The van der Waals surface area contributed by atoms with Gasteiger partial charge in [-0.1, -0.05) is 0 Å². The molecule has 0 bridgehead atoms. The van der Waals surface area contributed by atoms with Crippen LogP contribution in [0.25, 0.3) is 0 Å². The van der Waals surface area contributed by atoms with Gasteiger partial charge in [0.05, 0.1) is 12.6 Å². The lowest BCUT2D eigenvalue weighted by Gasteiger charge is -2.24. The Labute approximate surface area is 120 Å². The summed E-state index contributed by atoms with van der Waals surface area (Å²) >= 11 is 0. The molecule has 1 aromatic heterocycles. The zero-order chi connectivity index (χ0) is 14.4. The van der Waals surface area contributed by atoms with Gasteiger partial charge in [0, 0.05) is 20.2 Å². The number of nitrogens with one attached hydrogen (secondary N) is 1. The van der Waals surface area contributed by atoms with E-state index in [0.29, 0.717) is 18.4 Å². The fourth-order valence-electron chi connectivity index (χ4n) is 2.45. The molecule has 1 aliphatic rings. The Balaban J connectivity index is 1.74. The largest absolute Gasteiger partial charge is 0.455 e. The summed E-state index contributed by atoms with van der Waals surface area (Å²) in [7, 11) is 3.66. The van der Waals surface area contributed by atoms with Gasteiger partial charge in [0.1, 0.15) is 5.76 Å². The van der Waals surface area contributed by atoms with E-state index in [-0.39, 0.29) is 5.91 Å². The molecule has 20 heavy (non-hydrogen) atoms. The van der Waals surface area contributed by atoms with E-state index in [0.717, 1.165) is 25.3 Å². The van der Waals surface area contributed by atoms with Crippen molar-refractivity contribution in [1.82, 2.24) is 10.2 Å². The molecule has 1 amide bonds. The average Bonchev–Trinajstić information content (AvgIpc) is 2.94. The van der Waals surface area contributed by atoms with E-state index in [1.165, 1.54) is 19.3 Å². The molecule has 5 nitrogen and oxygen atoms in total. The first-order valence-electron chi connectivity index (χ1n) is 7.30. The Hall–Kier alpha value is -1.33. The number of carbonyl (C=O) groups excluding carboxylic acids is 1. The van der Waals surface area contributed by atoms with Crippen LogP contribution < -0.4 is 5.32 Å². The molecule has 1 atom stereocenters. The van der Waals surface area contributed by atoms with Crippen molar-refractivity contribution in [1.29, 1.82) is 0 Å². The molecular weight excluding hydrogens is 256 g/mol. The van der Waals surface area contributed by atoms with Crippen molar-refractivity contribution in [3.05, 3.63) is 23.7 Å². The number of rotatable bonds is 6. The fourth-order valence-corrected chi connectivity index (χ4v) is 2.45. The highest BCUT2D eigenvalue weighted by atomic mass is 16.5. The van der Waals surface area contributed by atoms with E-state index in [4.69, 9.17) is 9.15 Å². The van der Waals surface area contributed by atoms with E-state index in [9.17, 15) is 4.79 Å². The van der Waals surface area contributed by atoms with E-state index < -0.39 is 0 Å². The van der Waals surface area contributed by atoms with Crippen LogP contribution in [0.4, 0.5) is 0 Å². The van der Waals surface area contributed by atoms with Gasteiger partial charge >= 0.3 is 0 Å². The molecule has 0 radical (unpaired) electrons. The maximum absolute atomic E-state index is 11.4. The number of hydrogen-bond acceptors (Lipinski definition) is 4. The lowest BCUT2D eigenvalue weighted by atomic mass is 10.1. The summed E-state index contributed by atoms with van der Waals surface area (Å²) in [5.41, 5.74) is 0. The zero-order valence-corrected chi connectivity index (χ0v) is 12.4. The number of ether oxygens (including phenoxy) is 1. The highest BCUT2D eigenvalue weighted by Crippen LogP contribution is 2.16. The molecule has 0 spiro atoms. The van der Waals surface area contributed by atoms with Gasteiger partial charge in [-0.25, -0.2) is 0 Å². The van der Waals surface area contributed by atoms with Crippen molar-refractivity contribution < 1.29 is 13.9 Å². The molecule has 1 fully saturated rings. The zero-order valence-electron chi connectivity index (χ0n) is 12.4. The SMILES string of the molecule is CNC(=O)c1ccc(CN(C)CC[C@@H]2CCCCO2)o1. The Morgan fingerprint density at radius 2 is 2.30 bits per heavy atom.